The minimum atomic E-state index is -0.857. The van der Waals surface area contributed by atoms with E-state index >= 15 is 0 Å². The molecule has 0 rings (SSSR count). The van der Waals surface area contributed by atoms with Crippen molar-refractivity contribution in [1.82, 2.24) is 5.32 Å². The molecule has 2 atom stereocenters. The van der Waals surface area contributed by atoms with Gasteiger partial charge in [-0.25, -0.2) is 0 Å². The zero-order valence-corrected chi connectivity index (χ0v) is 38.3. The molecule has 57 heavy (non-hydrogen) atoms. The van der Waals surface area contributed by atoms with Crippen LogP contribution in [-0.4, -0.2) is 47.4 Å². The molecule has 0 aromatic heterocycles. The van der Waals surface area contributed by atoms with Crippen LogP contribution in [0.5, 0.6) is 0 Å². The molecule has 0 fully saturated rings. The average molecular weight is 806 g/mol. The molecule has 0 aromatic rings. The number of unbranched alkanes of at least 4 members (excludes halogenated alkanes) is 36. The minimum absolute atomic E-state index is 0.0179. The van der Waals surface area contributed by atoms with Crippen molar-refractivity contribution in [1.29, 1.82) is 0 Å². The van der Waals surface area contributed by atoms with E-state index in [-0.39, 0.29) is 18.5 Å². The highest BCUT2D eigenvalue weighted by Gasteiger charge is 2.18. The van der Waals surface area contributed by atoms with Crippen molar-refractivity contribution < 1.29 is 24.5 Å². The monoisotopic (exact) mass is 806 g/mol. The van der Waals surface area contributed by atoms with Crippen molar-refractivity contribution in [3.63, 3.8) is 0 Å². The summed E-state index contributed by atoms with van der Waals surface area (Å²) in [5, 5.41) is 23.0. The van der Waals surface area contributed by atoms with Crippen molar-refractivity contribution in [2.45, 2.75) is 289 Å². The normalized spacial score (nSPS) is 12.7. The van der Waals surface area contributed by atoms with Gasteiger partial charge in [-0.1, -0.05) is 244 Å². The Labute approximate surface area is 355 Å². The van der Waals surface area contributed by atoms with E-state index in [1.165, 1.54) is 193 Å². The molecule has 6 nitrogen and oxygen atoms in total. The van der Waals surface area contributed by atoms with Crippen LogP contribution < -0.4 is 5.32 Å². The maximum Gasteiger partial charge on any atom is 0.305 e. The van der Waals surface area contributed by atoms with Gasteiger partial charge in [0.15, 0.2) is 0 Å². The molecule has 0 bridgehead atoms. The number of amides is 1. The van der Waals surface area contributed by atoms with Crippen LogP contribution >= 0.6 is 0 Å². The third-order valence-electron chi connectivity index (χ3n) is 11.8. The van der Waals surface area contributed by atoms with Crippen molar-refractivity contribution in [3.8, 4) is 0 Å². The number of aliphatic hydroxyl groups is 2. The Bertz CT molecular complexity index is 847. The van der Waals surface area contributed by atoms with Gasteiger partial charge in [-0.15, -0.1) is 0 Å². The highest BCUT2D eigenvalue weighted by molar-refractivity contribution is 5.76. The first-order valence-corrected chi connectivity index (χ1v) is 25.5. The van der Waals surface area contributed by atoms with Crippen molar-refractivity contribution in [3.05, 3.63) is 12.2 Å². The summed E-state index contributed by atoms with van der Waals surface area (Å²) < 4.78 is 5.46. The second-order valence-electron chi connectivity index (χ2n) is 17.5. The van der Waals surface area contributed by atoms with Gasteiger partial charge in [0.25, 0.3) is 0 Å². The molecule has 0 radical (unpaired) electrons. The molecule has 0 aromatic carbocycles. The molecule has 2 unspecified atom stereocenters. The van der Waals surface area contributed by atoms with Crippen LogP contribution in [0.1, 0.15) is 277 Å². The number of aliphatic hydroxyl groups excluding tert-OH is 2. The van der Waals surface area contributed by atoms with Gasteiger partial charge in [0.05, 0.1) is 25.4 Å². The van der Waals surface area contributed by atoms with Gasteiger partial charge >= 0.3 is 5.97 Å². The minimum Gasteiger partial charge on any atom is -0.466 e. The molecule has 1 amide bonds. The lowest BCUT2D eigenvalue weighted by Gasteiger charge is -2.20. The number of nitrogens with one attached hydrogen (secondary N) is 1. The summed E-state index contributed by atoms with van der Waals surface area (Å²) in [5.74, 6) is -0.107. The van der Waals surface area contributed by atoms with E-state index in [2.05, 4.69) is 19.2 Å². The predicted molar refractivity (Wildman–Crippen MR) is 246 cm³/mol. The van der Waals surface area contributed by atoms with Gasteiger partial charge in [-0.3, -0.25) is 9.59 Å². The first-order chi connectivity index (χ1) is 28.0. The first-order valence-electron chi connectivity index (χ1n) is 25.5. The third kappa shape index (κ3) is 44.0. The van der Waals surface area contributed by atoms with Crippen LogP contribution in [0, 0.1) is 0 Å². The SMILES string of the molecule is CCCCCCCCCCCCCCC/C=C/C(O)C(CO)NC(=O)CCCCCCCCCCCCOC(=O)CCCCCCCCCCCCCCCCC. The number of rotatable bonds is 47. The molecule has 6 heteroatoms. The van der Waals surface area contributed by atoms with Crippen LogP contribution in [0.4, 0.5) is 0 Å². The fourth-order valence-electron chi connectivity index (χ4n) is 7.87. The van der Waals surface area contributed by atoms with Crippen molar-refractivity contribution >= 4 is 11.9 Å². The molecular weight excluding hydrogens is 707 g/mol. The van der Waals surface area contributed by atoms with E-state index in [9.17, 15) is 19.8 Å². The molecule has 0 spiro atoms. The maximum absolute atomic E-state index is 12.4. The molecule has 0 aliphatic carbocycles. The molecule has 0 saturated carbocycles. The van der Waals surface area contributed by atoms with E-state index in [4.69, 9.17) is 4.74 Å². The lowest BCUT2D eigenvalue weighted by molar-refractivity contribution is -0.143. The fraction of sp³-hybridized carbons (Fsp3) is 0.922. The lowest BCUT2D eigenvalue weighted by Crippen LogP contribution is -2.45. The standard InChI is InChI=1S/C51H99NO5/c1-3-5-7-9-11-13-15-17-19-21-23-27-31-35-39-43-49(54)48(47-53)52-50(55)44-40-36-32-28-25-26-30-34-38-42-46-57-51(56)45-41-37-33-29-24-22-20-18-16-14-12-10-8-6-4-2/h39,43,48-49,53-54H,3-38,40-42,44-47H2,1-2H3,(H,52,55)/b43-39+. The Morgan fingerprint density at radius 2 is 0.807 bits per heavy atom. The number of allylic oxidation sites excluding steroid dienone is 1. The van der Waals surface area contributed by atoms with Crippen molar-refractivity contribution in [2.24, 2.45) is 0 Å². The second kappa shape index (κ2) is 47.3. The van der Waals surface area contributed by atoms with Gasteiger partial charge < -0.3 is 20.3 Å². The highest BCUT2D eigenvalue weighted by Crippen LogP contribution is 2.16. The Kier molecular flexibility index (Phi) is 46.1. The Morgan fingerprint density at radius 3 is 1.19 bits per heavy atom. The summed E-state index contributed by atoms with van der Waals surface area (Å²) in [6.07, 6.45) is 53.5. The van der Waals surface area contributed by atoms with Crippen LogP contribution in [0.15, 0.2) is 12.2 Å². The number of carbonyl (C=O) groups is 2. The number of hydrogen-bond donors (Lipinski definition) is 3. The Balaban J connectivity index is 3.50. The van der Waals surface area contributed by atoms with E-state index in [0.29, 0.717) is 19.4 Å². The summed E-state index contributed by atoms with van der Waals surface area (Å²) >= 11 is 0. The van der Waals surface area contributed by atoms with Gasteiger partial charge in [0, 0.05) is 12.8 Å². The Morgan fingerprint density at radius 1 is 0.474 bits per heavy atom. The van der Waals surface area contributed by atoms with Crippen LogP contribution in [-0.2, 0) is 14.3 Å². The summed E-state index contributed by atoms with van der Waals surface area (Å²) in [6.45, 7) is 4.86. The van der Waals surface area contributed by atoms with Crippen LogP contribution in [0.25, 0.3) is 0 Å². The summed E-state index contributed by atoms with van der Waals surface area (Å²) in [6, 6.07) is -0.642. The average Bonchev–Trinajstić information content (AvgIpc) is 3.21. The van der Waals surface area contributed by atoms with E-state index < -0.39 is 12.1 Å². The van der Waals surface area contributed by atoms with Gasteiger partial charge in [-0.2, -0.15) is 0 Å². The molecule has 0 aliphatic rings. The van der Waals surface area contributed by atoms with E-state index in [1.54, 1.807) is 6.08 Å². The molecule has 3 N–H and O–H groups in total. The first kappa shape index (κ1) is 55.6. The summed E-state index contributed by atoms with van der Waals surface area (Å²) in [5.41, 5.74) is 0. The third-order valence-corrected chi connectivity index (χ3v) is 11.8. The second-order valence-corrected chi connectivity index (χ2v) is 17.5. The summed E-state index contributed by atoms with van der Waals surface area (Å²) in [7, 11) is 0. The molecule has 0 heterocycles. The maximum atomic E-state index is 12.4. The van der Waals surface area contributed by atoms with Gasteiger partial charge in [0.2, 0.25) is 5.91 Å². The van der Waals surface area contributed by atoms with Crippen LogP contribution in [0.2, 0.25) is 0 Å². The molecule has 0 aliphatic heterocycles. The smallest absolute Gasteiger partial charge is 0.305 e. The predicted octanol–water partition coefficient (Wildman–Crippen LogP) is 15.0. The van der Waals surface area contributed by atoms with E-state index in [0.717, 1.165) is 57.8 Å². The van der Waals surface area contributed by atoms with Gasteiger partial charge in [-0.05, 0) is 32.1 Å². The molecule has 338 valence electrons. The lowest BCUT2D eigenvalue weighted by atomic mass is 10.0. The zero-order chi connectivity index (χ0) is 41.5. The van der Waals surface area contributed by atoms with Crippen molar-refractivity contribution in [2.75, 3.05) is 13.2 Å². The number of esters is 1. The number of hydrogen-bond acceptors (Lipinski definition) is 5. The number of carbonyl (C=O) groups excluding carboxylic acids is 2. The van der Waals surface area contributed by atoms with Crippen LogP contribution in [0.3, 0.4) is 0 Å². The molecule has 0 saturated heterocycles. The van der Waals surface area contributed by atoms with E-state index in [1.807, 2.05) is 6.08 Å². The largest absolute Gasteiger partial charge is 0.466 e. The fourth-order valence-corrected chi connectivity index (χ4v) is 7.87. The molecular formula is C51H99NO5. The highest BCUT2D eigenvalue weighted by atomic mass is 16.5. The summed E-state index contributed by atoms with van der Waals surface area (Å²) in [4.78, 5) is 24.5. The zero-order valence-electron chi connectivity index (χ0n) is 38.3. The quantitative estimate of drug-likeness (QED) is 0.0323. The topological polar surface area (TPSA) is 95.9 Å². The number of ether oxygens (including phenoxy) is 1. The Hall–Kier alpha value is -1.40. The van der Waals surface area contributed by atoms with Gasteiger partial charge in [0.1, 0.15) is 0 Å².